The van der Waals surface area contributed by atoms with E-state index in [0.29, 0.717) is 32.1 Å². The monoisotopic (exact) mass is 265 g/mol. The Hall–Kier alpha value is -1.13. The number of nitrogens with two attached hydrogens (primary N) is 1. The standard InChI is InChI=1S/C15H20FNO2/c1-2-19-13-4-3-11(7-12(13)16)15(9-18-10-15)14(8-17)5-6-14/h3-4,7H,2,5-6,8-10,17H2,1H3. The minimum atomic E-state index is -0.293. The van der Waals surface area contributed by atoms with E-state index in [-0.39, 0.29) is 16.6 Å². The Labute approximate surface area is 112 Å². The summed E-state index contributed by atoms with van der Waals surface area (Å²) < 4.78 is 24.7. The molecule has 1 aliphatic carbocycles. The average Bonchev–Trinajstić information content (AvgIpc) is 3.13. The molecule has 2 fully saturated rings. The molecule has 1 aromatic carbocycles. The van der Waals surface area contributed by atoms with Crippen LogP contribution in [0.3, 0.4) is 0 Å². The van der Waals surface area contributed by atoms with Crippen molar-refractivity contribution in [3.05, 3.63) is 29.6 Å². The van der Waals surface area contributed by atoms with Gasteiger partial charge in [-0.3, -0.25) is 0 Å². The maximum Gasteiger partial charge on any atom is 0.165 e. The molecule has 0 atom stereocenters. The van der Waals surface area contributed by atoms with Crippen LogP contribution >= 0.6 is 0 Å². The Morgan fingerprint density at radius 2 is 2.11 bits per heavy atom. The first-order chi connectivity index (χ1) is 9.17. The van der Waals surface area contributed by atoms with Crippen molar-refractivity contribution in [1.29, 1.82) is 0 Å². The van der Waals surface area contributed by atoms with Gasteiger partial charge in [0, 0.05) is 5.41 Å². The smallest absolute Gasteiger partial charge is 0.165 e. The summed E-state index contributed by atoms with van der Waals surface area (Å²) in [6.07, 6.45) is 2.23. The molecule has 0 bridgehead atoms. The maximum absolute atomic E-state index is 14.0. The van der Waals surface area contributed by atoms with Gasteiger partial charge in [-0.2, -0.15) is 0 Å². The Morgan fingerprint density at radius 3 is 2.53 bits per heavy atom. The number of hydrogen-bond acceptors (Lipinski definition) is 3. The van der Waals surface area contributed by atoms with Crippen molar-refractivity contribution in [3.63, 3.8) is 0 Å². The van der Waals surface area contributed by atoms with Gasteiger partial charge in [0.05, 0.1) is 19.8 Å². The molecule has 104 valence electrons. The zero-order valence-corrected chi connectivity index (χ0v) is 11.2. The summed E-state index contributed by atoms with van der Waals surface area (Å²) in [5, 5.41) is 0. The zero-order chi connectivity index (χ0) is 13.5. The number of ether oxygens (including phenoxy) is 2. The molecule has 1 saturated heterocycles. The van der Waals surface area contributed by atoms with Gasteiger partial charge in [0.15, 0.2) is 11.6 Å². The fraction of sp³-hybridized carbons (Fsp3) is 0.600. The number of rotatable bonds is 5. The van der Waals surface area contributed by atoms with E-state index in [9.17, 15) is 4.39 Å². The van der Waals surface area contributed by atoms with Gasteiger partial charge in [0.1, 0.15) is 0 Å². The highest BCUT2D eigenvalue weighted by atomic mass is 19.1. The number of halogens is 1. The second-order valence-electron chi connectivity index (χ2n) is 5.64. The van der Waals surface area contributed by atoms with Crippen molar-refractivity contribution in [2.45, 2.75) is 25.2 Å². The van der Waals surface area contributed by atoms with Crippen molar-refractivity contribution in [3.8, 4) is 5.75 Å². The van der Waals surface area contributed by atoms with Crippen LogP contribution in [0, 0.1) is 11.2 Å². The van der Waals surface area contributed by atoms with E-state index in [4.69, 9.17) is 15.2 Å². The molecule has 19 heavy (non-hydrogen) atoms. The SMILES string of the molecule is CCOc1ccc(C2(C3(CN)CC3)COC2)cc1F. The van der Waals surface area contributed by atoms with Gasteiger partial charge >= 0.3 is 0 Å². The third kappa shape index (κ3) is 1.77. The molecule has 1 aliphatic heterocycles. The van der Waals surface area contributed by atoms with Gasteiger partial charge in [0.2, 0.25) is 0 Å². The summed E-state index contributed by atoms with van der Waals surface area (Å²) in [5.74, 6) is 0.0256. The Bertz CT molecular complexity index is 481. The summed E-state index contributed by atoms with van der Waals surface area (Å²) >= 11 is 0. The molecule has 1 saturated carbocycles. The Kier molecular flexibility index (Phi) is 3.02. The fourth-order valence-corrected chi connectivity index (χ4v) is 3.19. The summed E-state index contributed by atoms with van der Waals surface area (Å²) in [5.41, 5.74) is 6.97. The topological polar surface area (TPSA) is 44.5 Å². The molecule has 0 amide bonds. The molecule has 0 radical (unpaired) electrons. The van der Waals surface area contributed by atoms with E-state index >= 15 is 0 Å². The summed E-state index contributed by atoms with van der Waals surface area (Å²) in [6.45, 7) is 4.26. The van der Waals surface area contributed by atoms with Crippen LogP contribution in [0.1, 0.15) is 25.3 Å². The van der Waals surface area contributed by atoms with Crippen LogP contribution in [0.5, 0.6) is 5.75 Å². The van der Waals surface area contributed by atoms with E-state index < -0.39 is 0 Å². The van der Waals surface area contributed by atoms with Gasteiger partial charge in [-0.25, -0.2) is 4.39 Å². The molecule has 3 nitrogen and oxygen atoms in total. The second kappa shape index (κ2) is 4.46. The molecule has 1 heterocycles. The van der Waals surface area contributed by atoms with Crippen LogP contribution < -0.4 is 10.5 Å². The summed E-state index contributed by atoms with van der Waals surface area (Å²) in [6, 6.07) is 5.29. The van der Waals surface area contributed by atoms with Gasteiger partial charge in [0.25, 0.3) is 0 Å². The molecule has 4 heteroatoms. The molecule has 2 aliphatic rings. The second-order valence-corrected chi connectivity index (χ2v) is 5.64. The predicted octanol–water partition coefficient (Wildman–Crippen LogP) is 2.23. The lowest BCUT2D eigenvalue weighted by atomic mass is 9.66. The fourth-order valence-electron chi connectivity index (χ4n) is 3.19. The molecule has 2 N–H and O–H groups in total. The quantitative estimate of drug-likeness (QED) is 0.888. The first kappa shape index (κ1) is 12.9. The maximum atomic E-state index is 14.0. The van der Waals surface area contributed by atoms with Crippen molar-refractivity contribution in [2.24, 2.45) is 11.1 Å². The lowest BCUT2D eigenvalue weighted by molar-refractivity contribution is -0.0974. The van der Waals surface area contributed by atoms with Crippen LogP contribution in [0.15, 0.2) is 18.2 Å². The minimum absolute atomic E-state index is 0.0899. The van der Waals surface area contributed by atoms with Crippen LogP contribution in [0.2, 0.25) is 0 Å². The van der Waals surface area contributed by atoms with Gasteiger partial charge in [-0.1, -0.05) is 6.07 Å². The Morgan fingerprint density at radius 1 is 1.37 bits per heavy atom. The van der Waals surface area contributed by atoms with Crippen LogP contribution in [-0.2, 0) is 10.2 Å². The normalized spacial score (nSPS) is 22.7. The van der Waals surface area contributed by atoms with Gasteiger partial charge in [-0.15, -0.1) is 0 Å². The Balaban J connectivity index is 1.95. The molecule has 0 spiro atoms. The summed E-state index contributed by atoms with van der Waals surface area (Å²) in [4.78, 5) is 0. The van der Waals surface area contributed by atoms with Crippen molar-refractivity contribution in [2.75, 3.05) is 26.4 Å². The number of hydrogen-bond donors (Lipinski definition) is 1. The van der Waals surface area contributed by atoms with Gasteiger partial charge < -0.3 is 15.2 Å². The van der Waals surface area contributed by atoms with E-state index in [0.717, 1.165) is 18.4 Å². The third-order valence-electron chi connectivity index (χ3n) is 4.74. The lowest BCUT2D eigenvalue weighted by Gasteiger charge is -2.48. The molecular formula is C15H20FNO2. The largest absolute Gasteiger partial charge is 0.491 e. The summed E-state index contributed by atoms with van der Waals surface area (Å²) in [7, 11) is 0. The molecular weight excluding hydrogens is 245 g/mol. The van der Waals surface area contributed by atoms with Gasteiger partial charge in [-0.05, 0) is 49.4 Å². The zero-order valence-electron chi connectivity index (χ0n) is 11.2. The van der Waals surface area contributed by atoms with Crippen molar-refractivity contribution >= 4 is 0 Å². The minimum Gasteiger partial charge on any atom is -0.491 e. The molecule has 0 unspecified atom stereocenters. The van der Waals surface area contributed by atoms with Crippen molar-refractivity contribution in [1.82, 2.24) is 0 Å². The van der Waals surface area contributed by atoms with E-state index in [2.05, 4.69) is 0 Å². The molecule has 0 aromatic heterocycles. The van der Waals surface area contributed by atoms with Crippen molar-refractivity contribution < 1.29 is 13.9 Å². The first-order valence-electron chi connectivity index (χ1n) is 6.88. The molecule has 1 aromatic rings. The number of benzene rings is 1. The highest BCUT2D eigenvalue weighted by molar-refractivity contribution is 5.39. The van der Waals surface area contributed by atoms with E-state index in [1.165, 1.54) is 0 Å². The average molecular weight is 265 g/mol. The third-order valence-corrected chi connectivity index (χ3v) is 4.74. The van der Waals surface area contributed by atoms with E-state index in [1.807, 2.05) is 13.0 Å². The van der Waals surface area contributed by atoms with E-state index in [1.54, 1.807) is 12.1 Å². The van der Waals surface area contributed by atoms with Crippen LogP contribution in [-0.4, -0.2) is 26.4 Å². The lowest BCUT2D eigenvalue weighted by Crippen LogP contribution is -2.56. The van der Waals surface area contributed by atoms with Crippen LogP contribution in [0.4, 0.5) is 4.39 Å². The first-order valence-corrected chi connectivity index (χ1v) is 6.88. The predicted molar refractivity (Wildman–Crippen MR) is 70.8 cm³/mol. The van der Waals surface area contributed by atoms with Crippen LogP contribution in [0.25, 0.3) is 0 Å². The molecule has 3 rings (SSSR count). The highest BCUT2D eigenvalue weighted by Crippen LogP contribution is 2.61. The highest BCUT2D eigenvalue weighted by Gasteiger charge is 2.62.